The van der Waals surface area contributed by atoms with Gasteiger partial charge in [-0.15, -0.1) is 0 Å². The van der Waals surface area contributed by atoms with E-state index in [-0.39, 0.29) is 18.9 Å². The fourth-order valence-corrected chi connectivity index (χ4v) is 4.84. The largest absolute Gasteiger partial charge is 0.377 e. The van der Waals surface area contributed by atoms with Crippen LogP contribution in [0.1, 0.15) is 35.7 Å². The normalized spacial score (nSPS) is 19.1. The van der Waals surface area contributed by atoms with Gasteiger partial charge in [0.25, 0.3) is 11.8 Å². The second kappa shape index (κ2) is 9.28. The molecular weight excluding hydrogens is 464 g/mol. The number of nitrogens with zero attached hydrogens (tertiary/aromatic N) is 4. The molecule has 36 heavy (non-hydrogen) atoms. The second-order valence-electron chi connectivity index (χ2n) is 9.25. The van der Waals surface area contributed by atoms with Gasteiger partial charge in [0.1, 0.15) is 5.69 Å². The van der Waals surface area contributed by atoms with E-state index in [0.29, 0.717) is 25.3 Å². The number of alkyl halides is 2. The molecule has 4 heterocycles. The summed E-state index contributed by atoms with van der Waals surface area (Å²) >= 11 is 0. The van der Waals surface area contributed by atoms with Gasteiger partial charge in [0.05, 0.1) is 43.1 Å². The van der Waals surface area contributed by atoms with Crippen LogP contribution in [0, 0.1) is 24.2 Å². The summed E-state index contributed by atoms with van der Waals surface area (Å²) in [4.78, 5) is 23.2. The maximum absolute atomic E-state index is 13.6. The number of benzene rings is 1. The first kappa shape index (κ1) is 23.8. The summed E-state index contributed by atoms with van der Waals surface area (Å²) in [5.41, 5.74) is 4.86. The lowest BCUT2D eigenvalue weighted by Gasteiger charge is -2.44. The van der Waals surface area contributed by atoms with Gasteiger partial charge in [0.2, 0.25) is 0 Å². The monoisotopic (exact) mass is 491 g/mol. The van der Waals surface area contributed by atoms with Crippen molar-refractivity contribution in [2.24, 2.45) is 5.92 Å². The van der Waals surface area contributed by atoms with Gasteiger partial charge in [-0.2, -0.15) is 14.0 Å². The van der Waals surface area contributed by atoms with Crippen LogP contribution in [0.3, 0.4) is 0 Å². The van der Waals surface area contributed by atoms with Crippen LogP contribution in [0.5, 0.6) is 0 Å². The molecule has 0 bridgehead atoms. The van der Waals surface area contributed by atoms with E-state index in [1.165, 1.54) is 12.3 Å². The van der Waals surface area contributed by atoms with Crippen LogP contribution in [-0.4, -0.2) is 41.7 Å². The standard InChI is InChI=1S/C27H25F2N5O2.H2/c1-16-22(12-21(14-32-16)33-26(35)19-5-6-31-25(11-19)27(2,28)29)17-3-4-18-9-20(13-30)24-15-36-8-7-34(24)23(18)10-17;/h3-6,10-12,14,20,24H,7-9,15H2,1-2H3,(H,33,35);1H/t20-,24?;/m0./s1. The molecule has 0 aliphatic carbocycles. The van der Waals surface area contributed by atoms with Crippen LogP contribution >= 0.6 is 0 Å². The number of ether oxygens (including phenoxy) is 1. The molecule has 1 unspecified atom stereocenters. The first-order valence-corrected chi connectivity index (χ1v) is 11.7. The van der Waals surface area contributed by atoms with E-state index >= 15 is 0 Å². The molecular formula is C27H27F2N5O2. The average molecular weight is 492 g/mol. The van der Waals surface area contributed by atoms with Gasteiger partial charge in [0.15, 0.2) is 0 Å². The number of carbonyl (C=O) groups is 1. The number of halogens is 2. The van der Waals surface area contributed by atoms with Crippen molar-refractivity contribution in [1.29, 1.82) is 5.26 Å². The third kappa shape index (κ3) is 4.52. The van der Waals surface area contributed by atoms with E-state index in [9.17, 15) is 18.8 Å². The van der Waals surface area contributed by atoms with E-state index in [4.69, 9.17) is 4.74 Å². The van der Waals surface area contributed by atoms with Crippen molar-refractivity contribution in [3.05, 3.63) is 71.3 Å². The Morgan fingerprint density at radius 2 is 2.11 bits per heavy atom. The number of carbonyl (C=O) groups excluding carboxylic acids is 1. The number of rotatable bonds is 4. The topological polar surface area (TPSA) is 91.1 Å². The highest BCUT2D eigenvalue weighted by Crippen LogP contribution is 2.38. The molecule has 5 rings (SSSR count). The summed E-state index contributed by atoms with van der Waals surface area (Å²) in [5.74, 6) is -3.79. The lowest BCUT2D eigenvalue weighted by molar-refractivity contribution is 0.0127. The lowest BCUT2D eigenvalue weighted by atomic mass is 9.85. The maximum atomic E-state index is 13.6. The Morgan fingerprint density at radius 1 is 1.28 bits per heavy atom. The molecule has 2 aliphatic rings. The van der Waals surface area contributed by atoms with Gasteiger partial charge in [-0.3, -0.25) is 14.8 Å². The van der Waals surface area contributed by atoms with Crippen molar-refractivity contribution in [3.8, 4) is 17.2 Å². The van der Waals surface area contributed by atoms with Crippen LogP contribution in [-0.2, 0) is 17.1 Å². The number of fused-ring (bicyclic) bond motifs is 3. The minimum atomic E-state index is -3.14. The number of amides is 1. The van der Waals surface area contributed by atoms with Crippen molar-refractivity contribution in [2.45, 2.75) is 32.2 Å². The second-order valence-corrected chi connectivity index (χ2v) is 9.25. The molecule has 2 aromatic heterocycles. The van der Waals surface area contributed by atoms with E-state index in [1.54, 1.807) is 6.20 Å². The molecule has 2 aliphatic heterocycles. The average Bonchev–Trinajstić information content (AvgIpc) is 2.88. The van der Waals surface area contributed by atoms with E-state index < -0.39 is 17.5 Å². The first-order chi connectivity index (χ1) is 17.2. The molecule has 186 valence electrons. The van der Waals surface area contributed by atoms with E-state index in [2.05, 4.69) is 38.4 Å². The lowest BCUT2D eigenvalue weighted by Crippen LogP contribution is -2.52. The van der Waals surface area contributed by atoms with Gasteiger partial charge in [-0.25, -0.2) is 0 Å². The minimum absolute atomic E-state index is 0. The van der Waals surface area contributed by atoms with Crippen LogP contribution in [0.15, 0.2) is 48.8 Å². The van der Waals surface area contributed by atoms with Crippen LogP contribution in [0.2, 0.25) is 0 Å². The van der Waals surface area contributed by atoms with Gasteiger partial charge < -0.3 is 15.0 Å². The Labute approximate surface area is 209 Å². The molecule has 9 heteroatoms. The highest BCUT2D eigenvalue weighted by Gasteiger charge is 2.36. The summed E-state index contributed by atoms with van der Waals surface area (Å²) < 4.78 is 32.9. The smallest absolute Gasteiger partial charge is 0.286 e. The SMILES string of the molecule is Cc1ncc(NC(=O)c2ccnc(C(C)(F)F)c2)cc1-c1ccc2c(c1)N1CCOCC1[C@H](C#N)C2.[HH]. The molecule has 1 fully saturated rings. The van der Waals surface area contributed by atoms with Gasteiger partial charge in [-0.1, -0.05) is 12.1 Å². The molecule has 7 nitrogen and oxygen atoms in total. The molecule has 0 spiro atoms. The molecule has 0 saturated carbocycles. The highest BCUT2D eigenvalue weighted by molar-refractivity contribution is 6.04. The predicted octanol–water partition coefficient (Wildman–Crippen LogP) is 4.96. The van der Waals surface area contributed by atoms with Crippen molar-refractivity contribution < 1.29 is 19.7 Å². The number of anilines is 2. The zero-order valence-corrected chi connectivity index (χ0v) is 20.0. The van der Waals surface area contributed by atoms with Crippen molar-refractivity contribution in [1.82, 2.24) is 9.97 Å². The summed E-state index contributed by atoms with van der Waals surface area (Å²) in [6, 6.07) is 12.9. The zero-order valence-electron chi connectivity index (χ0n) is 20.0. The number of hydrogen-bond acceptors (Lipinski definition) is 6. The van der Waals surface area contributed by atoms with Crippen molar-refractivity contribution in [2.75, 3.05) is 30.0 Å². The summed E-state index contributed by atoms with van der Waals surface area (Å²) in [5, 5.41) is 12.4. The Balaban J connectivity index is 0.00000320. The molecule has 1 aromatic carbocycles. The quantitative estimate of drug-likeness (QED) is 0.555. The van der Waals surface area contributed by atoms with Gasteiger partial charge in [0, 0.05) is 43.6 Å². The van der Waals surface area contributed by atoms with Gasteiger partial charge >= 0.3 is 0 Å². The molecule has 2 atom stereocenters. The number of morpholine rings is 1. The number of aryl methyl sites for hydroxylation is 1. The minimum Gasteiger partial charge on any atom is -0.377 e. The Kier molecular flexibility index (Phi) is 6.14. The van der Waals surface area contributed by atoms with Crippen LogP contribution in [0.25, 0.3) is 11.1 Å². The summed E-state index contributed by atoms with van der Waals surface area (Å²) in [6.07, 6.45) is 3.42. The fourth-order valence-electron chi connectivity index (χ4n) is 4.84. The fraction of sp³-hybridized carbons (Fsp3) is 0.333. The summed E-state index contributed by atoms with van der Waals surface area (Å²) in [6.45, 7) is 4.50. The van der Waals surface area contributed by atoms with Crippen LogP contribution in [0.4, 0.5) is 20.2 Å². The summed E-state index contributed by atoms with van der Waals surface area (Å²) in [7, 11) is 0. The first-order valence-electron chi connectivity index (χ1n) is 11.7. The molecule has 1 amide bonds. The number of pyridine rings is 2. The van der Waals surface area contributed by atoms with E-state index in [1.807, 2.05) is 19.1 Å². The Bertz CT molecular complexity index is 1370. The van der Waals surface area contributed by atoms with Gasteiger partial charge in [-0.05, 0) is 48.7 Å². The van der Waals surface area contributed by atoms with E-state index in [0.717, 1.165) is 47.6 Å². The van der Waals surface area contributed by atoms with Crippen molar-refractivity contribution >= 4 is 17.3 Å². The Hall–Kier alpha value is -3.90. The Morgan fingerprint density at radius 3 is 2.89 bits per heavy atom. The number of aromatic nitrogens is 2. The zero-order chi connectivity index (χ0) is 25.4. The maximum Gasteiger partial charge on any atom is 0.286 e. The number of nitriles is 1. The molecule has 1 saturated heterocycles. The third-order valence-electron chi connectivity index (χ3n) is 6.76. The molecule has 1 N–H and O–H groups in total. The molecule has 3 aromatic rings. The van der Waals surface area contributed by atoms with Crippen LogP contribution < -0.4 is 10.2 Å². The third-order valence-corrected chi connectivity index (χ3v) is 6.76. The predicted molar refractivity (Wildman–Crippen MR) is 133 cm³/mol. The van der Waals surface area contributed by atoms with Crippen molar-refractivity contribution in [3.63, 3.8) is 0 Å². The number of hydrogen-bond donors (Lipinski definition) is 1. The highest BCUT2D eigenvalue weighted by atomic mass is 19.3. The number of nitrogens with one attached hydrogen (secondary N) is 1. The molecule has 0 radical (unpaired) electrons.